The van der Waals surface area contributed by atoms with Gasteiger partial charge in [-0.25, -0.2) is 0 Å². The lowest BCUT2D eigenvalue weighted by Crippen LogP contribution is -2.14. The first kappa shape index (κ1) is 17.1. The normalized spacial score (nSPS) is 15.7. The van der Waals surface area contributed by atoms with E-state index in [4.69, 9.17) is 5.73 Å². The van der Waals surface area contributed by atoms with Crippen LogP contribution in [-0.4, -0.2) is 10.5 Å². The van der Waals surface area contributed by atoms with Crippen molar-refractivity contribution in [3.63, 3.8) is 0 Å². The Morgan fingerprint density at radius 2 is 1.92 bits per heavy atom. The van der Waals surface area contributed by atoms with E-state index in [1.54, 1.807) is 0 Å². The van der Waals surface area contributed by atoms with Crippen molar-refractivity contribution in [3.05, 3.63) is 47.5 Å². The van der Waals surface area contributed by atoms with Crippen molar-refractivity contribution in [1.29, 1.82) is 0 Å². The van der Waals surface area contributed by atoms with Gasteiger partial charge in [0.25, 0.3) is 0 Å². The maximum absolute atomic E-state index is 12.0. The van der Waals surface area contributed by atoms with Gasteiger partial charge in [-0.3, -0.25) is 4.79 Å². The molecule has 1 aliphatic rings. The number of aryl methyl sites for hydroxylation is 1. The molecule has 0 aliphatic heterocycles. The quantitative estimate of drug-likeness (QED) is 0.657. The second-order valence-corrected chi connectivity index (χ2v) is 7.78. The van der Waals surface area contributed by atoms with Gasteiger partial charge in [-0.05, 0) is 48.9 Å². The maximum Gasteiger partial charge on any atom is 0.249 e. The highest BCUT2D eigenvalue weighted by Gasteiger charge is 2.20. The molecule has 3 aromatic rings. The summed E-state index contributed by atoms with van der Waals surface area (Å²) in [5.41, 5.74) is 10.1. The van der Waals surface area contributed by atoms with Crippen LogP contribution in [0.2, 0.25) is 0 Å². The van der Waals surface area contributed by atoms with Gasteiger partial charge in [-0.15, -0.1) is 0 Å². The Morgan fingerprint density at radius 3 is 2.65 bits per heavy atom. The number of amides is 1. The van der Waals surface area contributed by atoms with Gasteiger partial charge in [0.05, 0.1) is 0 Å². The summed E-state index contributed by atoms with van der Waals surface area (Å²) in [7, 11) is 0. The summed E-state index contributed by atoms with van der Waals surface area (Å²) in [5, 5.41) is 2.18. The van der Waals surface area contributed by atoms with Gasteiger partial charge in [0, 0.05) is 33.9 Å². The Labute approximate surface area is 155 Å². The van der Waals surface area contributed by atoms with Crippen LogP contribution in [0.1, 0.15) is 61.4 Å². The molecule has 1 saturated carbocycles. The molecule has 1 aliphatic carbocycles. The second-order valence-electron chi connectivity index (χ2n) is 7.78. The number of rotatable bonds is 5. The molecule has 0 radical (unpaired) electrons. The highest BCUT2D eigenvalue weighted by molar-refractivity contribution is 6.17. The van der Waals surface area contributed by atoms with Crippen LogP contribution in [0.15, 0.2) is 36.4 Å². The highest BCUT2D eigenvalue weighted by atomic mass is 16.1. The summed E-state index contributed by atoms with van der Waals surface area (Å²) in [6.45, 7) is 3.25. The number of nitrogens with two attached hydrogens (primary N) is 1. The zero-order valence-corrected chi connectivity index (χ0v) is 15.6. The average Bonchev–Trinajstić information content (AvgIpc) is 2.96. The Kier molecular flexibility index (Phi) is 4.71. The molecule has 1 aromatic heterocycles. The molecular weight excluding hydrogens is 320 g/mol. The first-order valence-corrected chi connectivity index (χ1v) is 10.0. The van der Waals surface area contributed by atoms with E-state index in [9.17, 15) is 4.79 Å². The molecular formula is C23H28N2O. The number of carbonyl (C=O) groups is 1. The molecule has 26 heavy (non-hydrogen) atoms. The van der Waals surface area contributed by atoms with E-state index >= 15 is 0 Å². The number of carbonyl (C=O) groups excluding carboxylic acids is 1. The molecule has 3 heteroatoms. The standard InChI is InChI=1S/C23H28N2O/c1-2-7-16-12-13-18-21(14-16)25(15-17-8-4-3-5-9-17)20-11-6-10-19(22(18)20)23(24)26/h6,10-14,17H,2-5,7-9,15H2,1H3,(H2,24,26). The molecule has 3 nitrogen and oxygen atoms in total. The fourth-order valence-corrected chi connectivity index (χ4v) is 4.66. The van der Waals surface area contributed by atoms with Crippen molar-refractivity contribution in [2.45, 2.75) is 58.4 Å². The summed E-state index contributed by atoms with van der Waals surface area (Å²) in [6.07, 6.45) is 8.90. The third-order valence-electron chi connectivity index (χ3n) is 5.93. The predicted octanol–water partition coefficient (Wildman–Crippen LogP) is 5.43. The summed E-state index contributed by atoms with van der Waals surface area (Å²) < 4.78 is 2.45. The van der Waals surface area contributed by atoms with Gasteiger partial charge < -0.3 is 10.3 Å². The van der Waals surface area contributed by atoms with Crippen molar-refractivity contribution in [2.75, 3.05) is 0 Å². The van der Waals surface area contributed by atoms with Crippen LogP contribution in [0, 0.1) is 5.92 Å². The van der Waals surface area contributed by atoms with Crippen molar-refractivity contribution in [1.82, 2.24) is 4.57 Å². The van der Waals surface area contributed by atoms with Gasteiger partial charge >= 0.3 is 0 Å². The van der Waals surface area contributed by atoms with Crippen LogP contribution in [0.25, 0.3) is 21.8 Å². The molecule has 1 fully saturated rings. The van der Waals surface area contributed by atoms with Crippen molar-refractivity contribution in [3.8, 4) is 0 Å². The molecule has 0 atom stereocenters. The van der Waals surface area contributed by atoms with Crippen LogP contribution in [0.5, 0.6) is 0 Å². The Morgan fingerprint density at radius 1 is 1.12 bits per heavy atom. The molecule has 2 N–H and O–H groups in total. The molecule has 0 bridgehead atoms. The molecule has 1 heterocycles. The van der Waals surface area contributed by atoms with E-state index in [0.29, 0.717) is 5.56 Å². The minimum absolute atomic E-state index is 0.343. The lowest BCUT2D eigenvalue weighted by molar-refractivity contribution is 0.100. The summed E-state index contributed by atoms with van der Waals surface area (Å²) >= 11 is 0. The third-order valence-corrected chi connectivity index (χ3v) is 5.93. The lowest BCUT2D eigenvalue weighted by Gasteiger charge is -2.23. The minimum Gasteiger partial charge on any atom is -0.366 e. The molecule has 4 rings (SSSR count). The number of aromatic nitrogens is 1. The zero-order valence-electron chi connectivity index (χ0n) is 15.6. The van der Waals surface area contributed by atoms with E-state index < -0.39 is 0 Å². The highest BCUT2D eigenvalue weighted by Crippen LogP contribution is 2.35. The van der Waals surface area contributed by atoms with Crippen molar-refractivity contribution in [2.24, 2.45) is 11.7 Å². The topological polar surface area (TPSA) is 48.0 Å². The molecule has 2 aromatic carbocycles. The second kappa shape index (κ2) is 7.14. The molecule has 1 amide bonds. The fourth-order valence-electron chi connectivity index (χ4n) is 4.66. The van der Waals surface area contributed by atoms with Gasteiger partial charge in [0.15, 0.2) is 0 Å². The fraction of sp³-hybridized carbons (Fsp3) is 0.435. The number of hydrogen-bond donors (Lipinski definition) is 1. The van der Waals surface area contributed by atoms with Crippen molar-refractivity contribution < 1.29 is 4.79 Å². The first-order chi connectivity index (χ1) is 12.7. The van der Waals surface area contributed by atoms with E-state index in [2.05, 4.69) is 35.8 Å². The minimum atomic E-state index is -0.343. The molecule has 0 spiro atoms. The number of nitrogens with zero attached hydrogens (tertiary/aromatic N) is 1. The Balaban J connectivity index is 1.93. The van der Waals surface area contributed by atoms with Crippen LogP contribution >= 0.6 is 0 Å². The lowest BCUT2D eigenvalue weighted by atomic mass is 9.89. The SMILES string of the molecule is CCCc1ccc2c3c(C(N)=O)cccc3n(CC3CCCCC3)c2c1. The smallest absolute Gasteiger partial charge is 0.249 e. The number of benzene rings is 2. The maximum atomic E-state index is 12.0. The van der Waals surface area contributed by atoms with Gasteiger partial charge in [0.2, 0.25) is 5.91 Å². The van der Waals surface area contributed by atoms with Crippen LogP contribution in [0.3, 0.4) is 0 Å². The largest absolute Gasteiger partial charge is 0.366 e. The van der Waals surface area contributed by atoms with E-state index in [-0.39, 0.29) is 5.91 Å². The van der Waals surface area contributed by atoms with Gasteiger partial charge in [-0.1, -0.05) is 50.8 Å². The summed E-state index contributed by atoms with van der Waals surface area (Å²) in [6, 6.07) is 12.7. The number of hydrogen-bond acceptors (Lipinski definition) is 1. The summed E-state index contributed by atoms with van der Waals surface area (Å²) in [4.78, 5) is 12.0. The van der Waals surface area contributed by atoms with E-state index in [0.717, 1.165) is 41.6 Å². The third kappa shape index (κ3) is 3.00. The van der Waals surface area contributed by atoms with Crippen molar-refractivity contribution >= 4 is 27.7 Å². The number of primary amides is 1. The summed E-state index contributed by atoms with van der Waals surface area (Å²) in [5.74, 6) is 0.388. The monoisotopic (exact) mass is 348 g/mol. The van der Waals surface area contributed by atoms with Crippen LogP contribution < -0.4 is 5.73 Å². The number of fused-ring (bicyclic) bond motifs is 3. The molecule has 136 valence electrons. The molecule has 0 unspecified atom stereocenters. The predicted molar refractivity (Wildman–Crippen MR) is 109 cm³/mol. The zero-order chi connectivity index (χ0) is 18.1. The van der Waals surface area contributed by atoms with Crippen LogP contribution in [-0.2, 0) is 13.0 Å². The van der Waals surface area contributed by atoms with Crippen LogP contribution in [0.4, 0.5) is 0 Å². The van der Waals surface area contributed by atoms with Gasteiger partial charge in [-0.2, -0.15) is 0 Å². The Hall–Kier alpha value is -2.29. The van der Waals surface area contributed by atoms with E-state index in [1.165, 1.54) is 43.2 Å². The first-order valence-electron chi connectivity index (χ1n) is 10.0. The Bertz CT molecular complexity index is 948. The molecule has 0 saturated heterocycles. The average molecular weight is 348 g/mol. The van der Waals surface area contributed by atoms with Gasteiger partial charge in [0.1, 0.15) is 0 Å². The van der Waals surface area contributed by atoms with E-state index in [1.807, 2.05) is 12.1 Å².